The highest BCUT2D eigenvalue weighted by Crippen LogP contribution is 2.41. The molecule has 1 saturated heterocycles. The van der Waals surface area contributed by atoms with E-state index in [-0.39, 0.29) is 5.54 Å². The second-order valence-electron chi connectivity index (χ2n) is 5.54. The van der Waals surface area contributed by atoms with Crippen molar-refractivity contribution < 1.29 is 0 Å². The van der Waals surface area contributed by atoms with Gasteiger partial charge in [0.15, 0.2) is 0 Å². The van der Waals surface area contributed by atoms with Gasteiger partial charge in [0.2, 0.25) is 0 Å². The van der Waals surface area contributed by atoms with E-state index in [0.29, 0.717) is 5.92 Å². The van der Waals surface area contributed by atoms with Crippen molar-refractivity contribution in [3.63, 3.8) is 0 Å². The number of aromatic nitrogens is 1. The first-order valence-corrected chi connectivity index (χ1v) is 8.54. The fraction of sp³-hybridized carbons (Fsp3) is 0.769. The number of thioether (sulfide) groups is 1. The Hall–Kier alpha value is -0.0600. The summed E-state index contributed by atoms with van der Waals surface area (Å²) in [5.41, 5.74) is 1.46. The van der Waals surface area contributed by atoms with Crippen LogP contribution in [0.15, 0.2) is 5.38 Å². The molecule has 1 aliphatic carbocycles. The molecule has 0 aromatic carbocycles. The Morgan fingerprint density at radius 3 is 2.82 bits per heavy atom. The smallest absolute Gasteiger partial charge is 0.114 e. The molecule has 3 rings (SSSR count). The van der Waals surface area contributed by atoms with Gasteiger partial charge in [-0.05, 0) is 30.9 Å². The van der Waals surface area contributed by atoms with Gasteiger partial charge in [-0.15, -0.1) is 11.3 Å². The third kappa shape index (κ3) is 2.40. The second kappa shape index (κ2) is 4.56. The normalized spacial score (nSPS) is 29.1. The highest BCUT2D eigenvalue weighted by Gasteiger charge is 2.42. The van der Waals surface area contributed by atoms with E-state index in [0.717, 1.165) is 6.04 Å². The van der Waals surface area contributed by atoms with Gasteiger partial charge in [-0.1, -0.05) is 13.8 Å². The lowest BCUT2D eigenvalue weighted by atomic mass is 9.99. The van der Waals surface area contributed by atoms with Gasteiger partial charge < -0.3 is 5.32 Å². The van der Waals surface area contributed by atoms with E-state index in [1.807, 2.05) is 11.3 Å². The van der Waals surface area contributed by atoms with Crippen molar-refractivity contribution in [3.05, 3.63) is 16.1 Å². The van der Waals surface area contributed by atoms with Crippen LogP contribution in [0.3, 0.4) is 0 Å². The highest BCUT2D eigenvalue weighted by atomic mass is 32.2. The molecule has 1 aromatic heterocycles. The lowest BCUT2D eigenvalue weighted by Gasteiger charge is -2.27. The van der Waals surface area contributed by atoms with E-state index >= 15 is 0 Å². The molecule has 1 atom stereocenters. The lowest BCUT2D eigenvalue weighted by Crippen LogP contribution is -2.43. The van der Waals surface area contributed by atoms with Crippen LogP contribution in [0.2, 0.25) is 0 Å². The maximum Gasteiger partial charge on any atom is 0.114 e. The van der Waals surface area contributed by atoms with Crippen molar-refractivity contribution in [1.82, 2.24) is 10.3 Å². The summed E-state index contributed by atoms with van der Waals surface area (Å²) in [5.74, 6) is 3.03. The Morgan fingerprint density at radius 2 is 2.29 bits per heavy atom. The minimum absolute atomic E-state index is 0.198. The third-order valence-corrected chi connectivity index (χ3v) is 5.86. The van der Waals surface area contributed by atoms with Crippen LogP contribution in [0.4, 0.5) is 0 Å². The van der Waals surface area contributed by atoms with Crippen LogP contribution in [0.1, 0.15) is 49.7 Å². The first kappa shape index (κ1) is 12.0. The van der Waals surface area contributed by atoms with Gasteiger partial charge in [0, 0.05) is 17.2 Å². The predicted octanol–water partition coefficient (Wildman–Crippen LogP) is 3.35. The average molecular weight is 268 g/mol. The number of rotatable bonds is 4. The van der Waals surface area contributed by atoms with Gasteiger partial charge in [-0.3, -0.25) is 0 Å². The van der Waals surface area contributed by atoms with Crippen molar-refractivity contribution in [2.45, 2.75) is 50.6 Å². The fourth-order valence-electron chi connectivity index (χ4n) is 2.30. The molecule has 2 aliphatic rings. The SMILES string of the molecule is CC(C)c1csc(C2(NC3CC3)CCSC2)n1. The molecule has 1 aromatic rings. The maximum atomic E-state index is 4.89. The first-order chi connectivity index (χ1) is 8.20. The molecule has 2 nitrogen and oxygen atoms in total. The van der Waals surface area contributed by atoms with Crippen LogP contribution in [0.5, 0.6) is 0 Å². The molecule has 0 spiro atoms. The van der Waals surface area contributed by atoms with E-state index in [1.54, 1.807) is 0 Å². The van der Waals surface area contributed by atoms with Crippen molar-refractivity contribution in [2.24, 2.45) is 0 Å². The largest absolute Gasteiger partial charge is 0.302 e. The second-order valence-corrected chi connectivity index (χ2v) is 7.50. The number of nitrogens with zero attached hydrogens (tertiary/aromatic N) is 1. The summed E-state index contributed by atoms with van der Waals surface area (Å²) >= 11 is 3.92. The first-order valence-electron chi connectivity index (χ1n) is 6.51. The topological polar surface area (TPSA) is 24.9 Å². The monoisotopic (exact) mass is 268 g/mol. The van der Waals surface area contributed by atoms with Gasteiger partial charge in [-0.2, -0.15) is 11.8 Å². The van der Waals surface area contributed by atoms with Crippen LogP contribution < -0.4 is 5.32 Å². The summed E-state index contributed by atoms with van der Waals surface area (Å²) in [5, 5.41) is 7.44. The van der Waals surface area contributed by atoms with Crippen molar-refractivity contribution in [3.8, 4) is 0 Å². The van der Waals surface area contributed by atoms with Gasteiger partial charge in [0.1, 0.15) is 5.01 Å². The molecule has 1 aliphatic heterocycles. The van der Waals surface area contributed by atoms with Crippen molar-refractivity contribution in [2.75, 3.05) is 11.5 Å². The molecular weight excluding hydrogens is 248 g/mol. The number of thiazole rings is 1. The van der Waals surface area contributed by atoms with Crippen LogP contribution in [-0.2, 0) is 5.54 Å². The number of hydrogen-bond acceptors (Lipinski definition) is 4. The van der Waals surface area contributed by atoms with Gasteiger partial charge in [0.05, 0.1) is 11.2 Å². The molecule has 1 unspecified atom stereocenters. The molecule has 17 heavy (non-hydrogen) atoms. The Bertz CT molecular complexity index is 390. The van der Waals surface area contributed by atoms with Gasteiger partial charge in [0.25, 0.3) is 0 Å². The molecule has 0 amide bonds. The highest BCUT2D eigenvalue weighted by molar-refractivity contribution is 7.99. The van der Waals surface area contributed by atoms with Crippen LogP contribution in [0, 0.1) is 0 Å². The standard InChI is InChI=1S/C13H20N2S2/c1-9(2)11-7-17-12(14-11)13(5-6-16-8-13)15-10-3-4-10/h7,9-10,15H,3-6,8H2,1-2H3. The number of hydrogen-bond donors (Lipinski definition) is 1. The van der Waals surface area contributed by atoms with Crippen LogP contribution in [0.25, 0.3) is 0 Å². The summed E-state index contributed by atoms with van der Waals surface area (Å²) in [6, 6.07) is 0.764. The van der Waals surface area contributed by atoms with Crippen molar-refractivity contribution in [1.29, 1.82) is 0 Å². The lowest BCUT2D eigenvalue weighted by molar-refractivity contribution is 0.370. The Labute approximate surface area is 112 Å². The zero-order valence-corrected chi connectivity index (χ0v) is 12.2. The molecule has 4 heteroatoms. The summed E-state index contributed by atoms with van der Waals surface area (Å²) in [4.78, 5) is 4.89. The van der Waals surface area contributed by atoms with Crippen LogP contribution >= 0.6 is 23.1 Å². The van der Waals surface area contributed by atoms with Gasteiger partial charge in [-0.25, -0.2) is 4.98 Å². The summed E-state index contributed by atoms with van der Waals surface area (Å²) < 4.78 is 0. The zero-order chi connectivity index (χ0) is 11.9. The maximum absolute atomic E-state index is 4.89. The van der Waals surface area contributed by atoms with E-state index in [2.05, 4.69) is 36.3 Å². The van der Waals surface area contributed by atoms with E-state index < -0.39 is 0 Å². The van der Waals surface area contributed by atoms with Crippen molar-refractivity contribution >= 4 is 23.1 Å². The summed E-state index contributed by atoms with van der Waals surface area (Å²) in [6.07, 6.45) is 3.96. The number of nitrogens with one attached hydrogen (secondary N) is 1. The third-order valence-electron chi connectivity index (χ3n) is 3.60. The average Bonchev–Trinajstić information content (AvgIpc) is 2.84. The molecule has 2 heterocycles. The minimum Gasteiger partial charge on any atom is -0.302 e. The van der Waals surface area contributed by atoms with Gasteiger partial charge >= 0.3 is 0 Å². The van der Waals surface area contributed by atoms with E-state index in [1.165, 1.54) is 41.5 Å². The van der Waals surface area contributed by atoms with Crippen LogP contribution in [-0.4, -0.2) is 22.5 Å². The molecule has 2 fully saturated rings. The summed E-state index contributed by atoms with van der Waals surface area (Å²) in [7, 11) is 0. The summed E-state index contributed by atoms with van der Waals surface area (Å²) in [6.45, 7) is 4.45. The predicted molar refractivity (Wildman–Crippen MR) is 76.0 cm³/mol. The van der Waals surface area contributed by atoms with E-state index in [4.69, 9.17) is 4.98 Å². The minimum atomic E-state index is 0.198. The Balaban J connectivity index is 1.85. The Morgan fingerprint density at radius 1 is 1.47 bits per heavy atom. The quantitative estimate of drug-likeness (QED) is 0.906. The molecule has 94 valence electrons. The fourth-order valence-corrected chi connectivity index (χ4v) is 4.91. The Kier molecular flexibility index (Phi) is 3.22. The molecule has 0 bridgehead atoms. The molecule has 0 radical (unpaired) electrons. The zero-order valence-electron chi connectivity index (χ0n) is 10.5. The molecule has 1 N–H and O–H groups in total. The molecular formula is C13H20N2S2. The van der Waals surface area contributed by atoms with E-state index in [9.17, 15) is 0 Å². The molecule has 1 saturated carbocycles.